The molecule has 0 radical (unpaired) electrons. The van der Waals surface area contributed by atoms with Crippen molar-refractivity contribution in [3.05, 3.63) is 29.6 Å². The van der Waals surface area contributed by atoms with Crippen LogP contribution in [-0.4, -0.2) is 11.3 Å². The summed E-state index contributed by atoms with van der Waals surface area (Å²) in [5.74, 6) is 0. The number of carbonyl (C=O) groups is 1. The molecule has 0 bridgehead atoms. The Hall–Kier alpha value is -1.22. The van der Waals surface area contributed by atoms with Crippen LogP contribution in [0.5, 0.6) is 0 Å². The second kappa shape index (κ2) is 5.50. The second-order valence-electron chi connectivity index (χ2n) is 3.42. The molecule has 3 heteroatoms. The number of aromatic nitrogens is 1. The van der Waals surface area contributed by atoms with Crippen LogP contribution in [0.25, 0.3) is 0 Å². The fraction of sp³-hybridized carbons (Fsp3) is 0.455. The van der Waals surface area contributed by atoms with Crippen molar-refractivity contribution in [1.82, 2.24) is 4.98 Å². The van der Waals surface area contributed by atoms with E-state index in [9.17, 15) is 4.79 Å². The molecule has 1 atom stereocenters. The van der Waals surface area contributed by atoms with E-state index in [-0.39, 0.29) is 6.04 Å². The molecule has 0 aliphatic heterocycles. The van der Waals surface area contributed by atoms with Gasteiger partial charge >= 0.3 is 0 Å². The molecule has 0 saturated carbocycles. The molecular weight excluding hydrogens is 176 g/mol. The lowest BCUT2D eigenvalue weighted by atomic mass is 10.0. The molecule has 0 spiro atoms. The van der Waals surface area contributed by atoms with Gasteiger partial charge in [0.25, 0.3) is 0 Å². The first-order valence-corrected chi connectivity index (χ1v) is 4.93. The van der Waals surface area contributed by atoms with Gasteiger partial charge in [0.05, 0.1) is 0 Å². The highest BCUT2D eigenvalue weighted by Gasteiger charge is 2.05. The van der Waals surface area contributed by atoms with Gasteiger partial charge in [0.1, 0.15) is 0 Å². The molecule has 0 aliphatic rings. The summed E-state index contributed by atoms with van der Waals surface area (Å²) >= 11 is 0. The summed E-state index contributed by atoms with van der Waals surface area (Å²) in [4.78, 5) is 14.5. The third-order valence-electron chi connectivity index (χ3n) is 2.21. The van der Waals surface area contributed by atoms with Crippen LogP contribution in [0.4, 0.5) is 0 Å². The largest absolute Gasteiger partial charge is 0.324 e. The first-order valence-electron chi connectivity index (χ1n) is 4.93. The van der Waals surface area contributed by atoms with E-state index in [1.165, 1.54) is 0 Å². The minimum absolute atomic E-state index is 0.00218. The molecule has 0 amide bonds. The van der Waals surface area contributed by atoms with E-state index >= 15 is 0 Å². The zero-order valence-electron chi connectivity index (χ0n) is 8.44. The number of nitrogens with zero attached hydrogens (tertiary/aromatic N) is 1. The predicted octanol–water partition coefficient (Wildman–Crippen LogP) is 2.08. The van der Waals surface area contributed by atoms with Crippen molar-refractivity contribution < 1.29 is 4.79 Å². The zero-order chi connectivity index (χ0) is 10.4. The van der Waals surface area contributed by atoms with Gasteiger partial charge < -0.3 is 5.73 Å². The van der Waals surface area contributed by atoms with Crippen LogP contribution < -0.4 is 5.73 Å². The van der Waals surface area contributed by atoms with E-state index in [0.717, 1.165) is 31.1 Å². The van der Waals surface area contributed by atoms with Crippen LogP contribution in [0, 0.1) is 0 Å². The quantitative estimate of drug-likeness (QED) is 0.727. The van der Waals surface area contributed by atoms with Crippen molar-refractivity contribution in [2.75, 3.05) is 0 Å². The first-order chi connectivity index (χ1) is 6.77. The zero-order valence-corrected chi connectivity index (χ0v) is 8.44. The van der Waals surface area contributed by atoms with Gasteiger partial charge in [0, 0.05) is 24.0 Å². The lowest BCUT2D eigenvalue weighted by Gasteiger charge is -2.10. The number of nitrogens with two attached hydrogens (primary N) is 1. The third-order valence-corrected chi connectivity index (χ3v) is 2.21. The van der Waals surface area contributed by atoms with Gasteiger partial charge in [-0.05, 0) is 18.1 Å². The van der Waals surface area contributed by atoms with E-state index in [1.807, 2.05) is 0 Å². The van der Waals surface area contributed by atoms with Gasteiger partial charge in [-0.3, -0.25) is 9.78 Å². The molecule has 0 fully saturated rings. The smallest absolute Gasteiger partial charge is 0.151 e. The summed E-state index contributed by atoms with van der Waals surface area (Å²) < 4.78 is 0. The predicted molar refractivity (Wildman–Crippen MR) is 56.1 cm³/mol. The van der Waals surface area contributed by atoms with Crippen LogP contribution in [0.1, 0.15) is 48.1 Å². The Morgan fingerprint density at radius 1 is 1.57 bits per heavy atom. The van der Waals surface area contributed by atoms with Crippen LogP contribution in [0.15, 0.2) is 18.5 Å². The maximum atomic E-state index is 10.5. The van der Waals surface area contributed by atoms with E-state index in [0.29, 0.717) is 5.56 Å². The molecule has 76 valence electrons. The van der Waals surface area contributed by atoms with E-state index in [2.05, 4.69) is 11.9 Å². The van der Waals surface area contributed by atoms with Gasteiger partial charge in [-0.15, -0.1) is 0 Å². The van der Waals surface area contributed by atoms with Crippen molar-refractivity contribution in [3.63, 3.8) is 0 Å². The average Bonchev–Trinajstić information content (AvgIpc) is 2.26. The molecule has 0 aromatic carbocycles. The standard InChI is InChI=1S/C11H16N2O/c1-2-3-4-11(12)10-5-9(8-14)6-13-7-10/h5-8,11H,2-4,12H2,1H3/t11-/m1/s1. The number of carbonyl (C=O) groups excluding carboxylic acids is 1. The van der Waals surface area contributed by atoms with Crippen molar-refractivity contribution >= 4 is 6.29 Å². The molecule has 3 nitrogen and oxygen atoms in total. The van der Waals surface area contributed by atoms with Crippen LogP contribution >= 0.6 is 0 Å². The fourth-order valence-corrected chi connectivity index (χ4v) is 1.33. The summed E-state index contributed by atoms with van der Waals surface area (Å²) in [5, 5.41) is 0. The normalized spacial score (nSPS) is 12.4. The number of hydrogen-bond acceptors (Lipinski definition) is 3. The SMILES string of the molecule is CCCC[C@@H](N)c1cncc(C=O)c1. The molecule has 1 rings (SSSR count). The van der Waals surface area contributed by atoms with Gasteiger partial charge in [0.15, 0.2) is 6.29 Å². The molecule has 0 unspecified atom stereocenters. The molecule has 0 aliphatic carbocycles. The maximum absolute atomic E-state index is 10.5. The Balaban J connectivity index is 2.68. The summed E-state index contributed by atoms with van der Waals surface area (Å²) in [6, 6.07) is 1.81. The second-order valence-corrected chi connectivity index (χ2v) is 3.42. The van der Waals surface area contributed by atoms with Crippen molar-refractivity contribution in [1.29, 1.82) is 0 Å². The molecule has 1 aromatic heterocycles. The van der Waals surface area contributed by atoms with Crippen LogP contribution in [-0.2, 0) is 0 Å². The summed E-state index contributed by atoms with van der Waals surface area (Å²) in [7, 11) is 0. The fourth-order valence-electron chi connectivity index (χ4n) is 1.33. The topological polar surface area (TPSA) is 56.0 Å². The Kier molecular flexibility index (Phi) is 4.26. The highest BCUT2D eigenvalue weighted by atomic mass is 16.1. The van der Waals surface area contributed by atoms with E-state index in [4.69, 9.17) is 5.73 Å². The van der Waals surface area contributed by atoms with Gasteiger partial charge in [0.2, 0.25) is 0 Å². The molecule has 14 heavy (non-hydrogen) atoms. The van der Waals surface area contributed by atoms with Crippen molar-refractivity contribution in [2.24, 2.45) is 5.73 Å². The van der Waals surface area contributed by atoms with Gasteiger partial charge in [-0.1, -0.05) is 19.8 Å². The minimum Gasteiger partial charge on any atom is -0.324 e. The third kappa shape index (κ3) is 2.92. The van der Waals surface area contributed by atoms with Crippen LogP contribution in [0.3, 0.4) is 0 Å². The monoisotopic (exact) mass is 192 g/mol. The molecule has 1 heterocycles. The van der Waals surface area contributed by atoms with Crippen molar-refractivity contribution in [2.45, 2.75) is 32.2 Å². The maximum Gasteiger partial charge on any atom is 0.151 e. The average molecular weight is 192 g/mol. The number of hydrogen-bond donors (Lipinski definition) is 1. The van der Waals surface area contributed by atoms with Gasteiger partial charge in [-0.25, -0.2) is 0 Å². The summed E-state index contributed by atoms with van der Waals surface area (Å²) in [6.07, 6.45) is 7.25. The molecular formula is C11H16N2O. The van der Waals surface area contributed by atoms with Crippen molar-refractivity contribution in [3.8, 4) is 0 Å². The Bertz CT molecular complexity index is 299. The highest BCUT2D eigenvalue weighted by molar-refractivity contribution is 5.74. The van der Waals surface area contributed by atoms with E-state index < -0.39 is 0 Å². The number of unbranched alkanes of at least 4 members (excludes halogenated alkanes) is 1. The molecule has 1 aromatic rings. The lowest BCUT2D eigenvalue weighted by molar-refractivity contribution is 0.112. The van der Waals surface area contributed by atoms with E-state index in [1.54, 1.807) is 18.5 Å². The number of pyridine rings is 1. The molecule has 0 saturated heterocycles. The van der Waals surface area contributed by atoms with Crippen LogP contribution in [0.2, 0.25) is 0 Å². The minimum atomic E-state index is 0.00218. The summed E-state index contributed by atoms with van der Waals surface area (Å²) in [6.45, 7) is 2.13. The Morgan fingerprint density at radius 2 is 2.36 bits per heavy atom. The highest BCUT2D eigenvalue weighted by Crippen LogP contribution is 2.16. The lowest BCUT2D eigenvalue weighted by Crippen LogP contribution is -2.10. The van der Waals surface area contributed by atoms with Gasteiger partial charge in [-0.2, -0.15) is 0 Å². The first kappa shape index (κ1) is 10.9. The molecule has 2 N–H and O–H groups in total. The summed E-state index contributed by atoms with van der Waals surface area (Å²) in [5.41, 5.74) is 7.49. The Labute approximate surface area is 84.3 Å². The number of aldehydes is 1. The Morgan fingerprint density at radius 3 is 3.00 bits per heavy atom. The number of rotatable bonds is 5.